The average molecular weight is 167 g/mol. The Morgan fingerprint density at radius 3 is 2.58 bits per heavy atom. The number of piperidine rings is 1. The molecule has 0 amide bonds. The molecule has 0 aliphatic carbocycles. The number of likely N-dealkylation sites (tertiary alicyclic amines) is 1. The lowest BCUT2D eigenvalue weighted by atomic mass is 10.0. The Hall–Kier alpha value is -0.0800. The average Bonchev–Trinajstić information content (AvgIpc) is 2.21. The Balaban J connectivity index is 1.80. The third kappa shape index (κ3) is 1.99. The lowest BCUT2D eigenvalue weighted by Crippen LogP contribution is -2.41. The van der Waals surface area contributed by atoms with Crippen LogP contribution < -0.4 is 0 Å². The Morgan fingerprint density at radius 2 is 1.92 bits per heavy atom. The van der Waals surface area contributed by atoms with Crippen molar-refractivity contribution in [3.8, 4) is 0 Å². The molecule has 1 atom stereocenters. The van der Waals surface area contributed by atoms with Gasteiger partial charge in [0, 0.05) is 12.6 Å². The topological polar surface area (TPSA) is 12.5 Å². The molecule has 2 aliphatic rings. The molecule has 2 heteroatoms. The number of hydrogen-bond acceptors (Lipinski definition) is 2. The molecule has 0 spiro atoms. The van der Waals surface area contributed by atoms with Gasteiger partial charge in [-0.1, -0.05) is 6.42 Å². The molecule has 2 saturated heterocycles. The number of ether oxygens (including phenoxy) is 1. The second kappa shape index (κ2) is 4.24. The minimum Gasteiger partial charge on any atom is -0.367 e. The zero-order valence-electron chi connectivity index (χ0n) is 7.59. The molecule has 0 aromatic carbocycles. The molecule has 2 heterocycles. The summed E-state index contributed by atoms with van der Waals surface area (Å²) >= 11 is 0. The van der Waals surface area contributed by atoms with Crippen LogP contribution in [-0.4, -0.2) is 30.6 Å². The van der Waals surface area contributed by atoms with Gasteiger partial charge in [0.05, 0.1) is 0 Å². The zero-order valence-corrected chi connectivity index (χ0v) is 7.59. The molecule has 2 rings (SSSR count). The molecule has 0 bridgehead atoms. The van der Waals surface area contributed by atoms with Gasteiger partial charge in [0.15, 0.2) is 6.61 Å². The number of rotatable bonds is 1. The lowest BCUT2D eigenvalue weighted by molar-refractivity contribution is 0.0586. The van der Waals surface area contributed by atoms with Gasteiger partial charge >= 0.3 is 0 Å². The summed E-state index contributed by atoms with van der Waals surface area (Å²) in [6, 6.07) is 0.499. The van der Waals surface area contributed by atoms with Gasteiger partial charge in [-0.25, -0.2) is 0 Å². The van der Waals surface area contributed by atoms with Gasteiger partial charge in [-0.05, 0) is 38.8 Å². The van der Waals surface area contributed by atoms with Crippen molar-refractivity contribution in [3.63, 3.8) is 0 Å². The minimum absolute atomic E-state index is 0.499. The summed E-state index contributed by atoms with van der Waals surface area (Å²) in [6.07, 6.45) is 6.58. The third-order valence-electron chi connectivity index (χ3n) is 2.77. The Kier molecular flexibility index (Phi) is 3.01. The Labute approximate surface area is 74.9 Å². The van der Waals surface area contributed by atoms with Crippen molar-refractivity contribution in [2.75, 3.05) is 19.7 Å². The van der Waals surface area contributed by atoms with Crippen LogP contribution in [0.4, 0.5) is 0 Å². The van der Waals surface area contributed by atoms with E-state index < -0.39 is 0 Å². The highest BCUT2D eigenvalue weighted by Crippen LogP contribution is 2.20. The number of hydrogen-bond donors (Lipinski definition) is 0. The van der Waals surface area contributed by atoms with E-state index in [2.05, 4.69) is 11.5 Å². The molecule has 2 nitrogen and oxygen atoms in total. The van der Waals surface area contributed by atoms with Crippen LogP contribution in [0, 0.1) is 6.61 Å². The van der Waals surface area contributed by atoms with Crippen molar-refractivity contribution in [3.05, 3.63) is 6.61 Å². The summed E-state index contributed by atoms with van der Waals surface area (Å²) < 4.78 is 5.24. The molecule has 0 aromatic heterocycles. The maximum atomic E-state index is 5.24. The molecule has 2 aliphatic heterocycles. The molecule has 0 N–H and O–H groups in total. The van der Waals surface area contributed by atoms with E-state index in [1.54, 1.807) is 0 Å². The van der Waals surface area contributed by atoms with E-state index in [9.17, 15) is 0 Å². The predicted octanol–water partition coefficient (Wildman–Crippen LogP) is 1.69. The smallest absolute Gasteiger partial charge is 0.150 e. The van der Waals surface area contributed by atoms with Gasteiger partial charge in [-0.15, -0.1) is 0 Å². The standard InChI is InChI=1S/C10H17NO/c1-2-6-11(7-3-1)10-5-4-8-12-9-10/h10H,1-8H2. The first kappa shape index (κ1) is 8.52. The van der Waals surface area contributed by atoms with Gasteiger partial charge in [-0.2, -0.15) is 0 Å². The molecule has 12 heavy (non-hydrogen) atoms. The molecule has 0 saturated carbocycles. The monoisotopic (exact) mass is 167 g/mol. The molecule has 2 radical (unpaired) electrons. The highest BCUT2D eigenvalue weighted by atomic mass is 16.5. The van der Waals surface area contributed by atoms with Crippen molar-refractivity contribution >= 4 is 0 Å². The fourth-order valence-electron chi connectivity index (χ4n) is 2.05. The van der Waals surface area contributed by atoms with Crippen LogP contribution >= 0.6 is 0 Å². The van der Waals surface area contributed by atoms with Gasteiger partial charge < -0.3 is 4.74 Å². The Bertz CT molecular complexity index is 110. The zero-order chi connectivity index (χ0) is 8.23. The van der Waals surface area contributed by atoms with Crippen LogP contribution in [0.5, 0.6) is 0 Å². The SMILES string of the molecule is [C]1OCCCC1N1CCCCC1. The molecule has 2 fully saturated rings. The van der Waals surface area contributed by atoms with E-state index in [-0.39, 0.29) is 0 Å². The Morgan fingerprint density at radius 1 is 1.08 bits per heavy atom. The second-order valence-corrected chi connectivity index (χ2v) is 3.72. The highest BCUT2D eigenvalue weighted by molar-refractivity contribution is 4.83. The van der Waals surface area contributed by atoms with E-state index in [0.29, 0.717) is 6.04 Å². The molecular formula is C10H17NO. The number of nitrogens with zero attached hydrogens (tertiary/aromatic N) is 1. The summed E-state index contributed by atoms with van der Waals surface area (Å²) in [5.74, 6) is 0. The summed E-state index contributed by atoms with van der Waals surface area (Å²) in [7, 11) is 0. The summed E-state index contributed by atoms with van der Waals surface area (Å²) in [5.41, 5.74) is 0. The van der Waals surface area contributed by atoms with E-state index in [0.717, 1.165) is 6.61 Å². The first-order valence-corrected chi connectivity index (χ1v) is 5.08. The van der Waals surface area contributed by atoms with Crippen LogP contribution in [0.15, 0.2) is 0 Å². The van der Waals surface area contributed by atoms with E-state index in [4.69, 9.17) is 4.74 Å². The van der Waals surface area contributed by atoms with Gasteiger partial charge in [-0.3, -0.25) is 4.90 Å². The molecule has 0 aromatic rings. The summed E-state index contributed by atoms with van der Waals surface area (Å²) in [5, 5.41) is 0. The highest BCUT2D eigenvalue weighted by Gasteiger charge is 2.23. The quantitative estimate of drug-likeness (QED) is 0.589. The van der Waals surface area contributed by atoms with Crippen LogP contribution in [0.2, 0.25) is 0 Å². The van der Waals surface area contributed by atoms with Crippen LogP contribution in [0.3, 0.4) is 0 Å². The van der Waals surface area contributed by atoms with Crippen molar-refractivity contribution in [2.45, 2.75) is 38.1 Å². The fourth-order valence-corrected chi connectivity index (χ4v) is 2.05. The largest absolute Gasteiger partial charge is 0.367 e. The summed E-state index contributed by atoms with van der Waals surface area (Å²) in [4.78, 5) is 2.52. The predicted molar refractivity (Wildman–Crippen MR) is 47.6 cm³/mol. The van der Waals surface area contributed by atoms with Gasteiger partial charge in [0.1, 0.15) is 0 Å². The maximum Gasteiger partial charge on any atom is 0.150 e. The third-order valence-corrected chi connectivity index (χ3v) is 2.77. The molecule has 68 valence electrons. The van der Waals surface area contributed by atoms with E-state index >= 15 is 0 Å². The van der Waals surface area contributed by atoms with Crippen LogP contribution in [0.25, 0.3) is 0 Å². The summed E-state index contributed by atoms with van der Waals surface area (Å²) in [6.45, 7) is 6.50. The molecular weight excluding hydrogens is 150 g/mol. The fraction of sp³-hybridized carbons (Fsp3) is 0.900. The van der Waals surface area contributed by atoms with Crippen molar-refractivity contribution in [2.24, 2.45) is 0 Å². The first-order valence-electron chi connectivity index (χ1n) is 5.08. The van der Waals surface area contributed by atoms with Crippen molar-refractivity contribution in [1.82, 2.24) is 4.90 Å². The normalized spacial score (nSPS) is 33.5. The maximum absolute atomic E-state index is 5.24. The van der Waals surface area contributed by atoms with Crippen molar-refractivity contribution in [1.29, 1.82) is 0 Å². The van der Waals surface area contributed by atoms with Crippen LogP contribution in [-0.2, 0) is 4.74 Å². The molecule has 1 unspecified atom stereocenters. The van der Waals surface area contributed by atoms with E-state index in [1.165, 1.54) is 45.2 Å². The van der Waals surface area contributed by atoms with Gasteiger partial charge in [0.2, 0.25) is 0 Å². The second-order valence-electron chi connectivity index (χ2n) is 3.72. The van der Waals surface area contributed by atoms with Crippen LogP contribution in [0.1, 0.15) is 32.1 Å². The minimum atomic E-state index is 0.499. The first-order chi connectivity index (χ1) is 5.97. The van der Waals surface area contributed by atoms with E-state index in [1.807, 2.05) is 0 Å². The van der Waals surface area contributed by atoms with Gasteiger partial charge in [0.25, 0.3) is 0 Å². The van der Waals surface area contributed by atoms with Crippen molar-refractivity contribution < 1.29 is 4.74 Å². The lowest BCUT2D eigenvalue weighted by Gasteiger charge is -2.35.